The highest BCUT2D eigenvalue weighted by atomic mass is 32.2. The molecule has 0 saturated carbocycles. The molecule has 0 unspecified atom stereocenters. The molecule has 0 aromatic heterocycles. The van der Waals surface area contributed by atoms with E-state index in [9.17, 15) is 28.1 Å². The highest BCUT2D eigenvalue weighted by molar-refractivity contribution is 7.89. The van der Waals surface area contributed by atoms with Gasteiger partial charge in [0.05, 0.1) is 16.9 Å². The summed E-state index contributed by atoms with van der Waals surface area (Å²) in [5.41, 5.74) is 0.282. The van der Waals surface area contributed by atoms with Crippen molar-refractivity contribution in [2.45, 2.75) is 31.7 Å². The maximum absolute atomic E-state index is 12.7. The van der Waals surface area contributed by atoms with E-state index in [-0.39, 0.29) is 16.3 Å². The summed E-state index contributed by atoms with van der Waals surface area (Å²) in [6.07, 6.45) is 0. The number of ether oxygens (including phenoxy) is 2. The molecule has 0 fully saturated rings. The van der Waals surface area contributed by atoms with Gasteiger partial charge in [0.25, 0.3) is 11.6 Å². The number of nitrogens with zero attached hydrogens (tertiary/aromatic N) is 1. The first-order valence-corrected chi connectivity index (χ1v) is 11.3. The molecule has 0 aliphatic carbocycles. The van der Waals surface area contributed by atoms with Crippen LogP contribution in [-0.2, 0) is 24.3 Å². The van der Waals surface area contributed by atoms with Crippen LogP contribution in [0.1, 0.15) is 19.4 Å². The number of nitrogens with one attached hydrogen (secondary N) is 2. The Labute approximate surface area is 191 Å². The molecular weight excluding hydrogens is 454 g/mol. The molecule has 11 nitrogen and oxygen atoms in total. The molecule has 0 heterocycles. The average molecular weight is 480 g/mol. The second kappa shape index (κ2) is 10.9. The van der Waals surface area contributed by atoms with Crippen molar-refractivity contribution in [2.24, 2.45) is 5.92 Å². The molecule has 0 aliphatic rings. The van der Waals surface area contributed by atoms with Gasteiger partial charge in [0.15, 0.2) is 6.61 Å². The first-order chi connectivity index (χ1) is 15.4. The number of anilines is 1. The van der Waals surface area contributed by atoms with Crippen LogP contribution in [-0.4, -0.2) is 45.0 Å². The largest absolute Gasteiger partial charge is 0.497 e. The van der Waals surface area contributed by atoms with Crippen molar-refractivity contribution < 1.29 is 32.4 Å². The number of hydrogen-bond acceptors (Lipinski definition) is 8. The molecule has 2 aromatic rings. The molecule has 2 aromatic carbocycles. The van der Waals surface area contributed by atoms with Crippen LogP contribution in [0.25, 0.3) is 0 Å². The Kier molecular flexibility index (Phi) is 8.49. The first-order valence-electron chi connectivity index (χ1n) is 9.82. The molecule has 33 heavy (non-hydrogen) atoms. The minimum absolute atomic E-state index is 0.0488. The van der Waals surface area contributed by atoms with E-state index in [1.54, 1.807) is 26.8 Å². The number of benzene rings is 2. The molecule has 0 spiro atoms. The summed E-state index contributed by atoms with van der Waals surface area (Å²) in [6, 6.07) is 8.56. The summed E-state index contributed by atoms with van der Waals surface area (Å²) in [4.78, 5) is 35.1. The molecule has 12 heteroatoms. The zero-order valence-corrected chi connectivity index (χ0v) is 19.3. The van der Waals surface area contributed by atoms with E-state index in [0.717, 1.165) is 0 Å². The van der Waals surface area contributed by atoms with Crippen molar-refractivity contribution in [3.05, 3.63) is 58.1 Å². The predicted molar refractivity (Wildman–Crippen MR) is 119 cm³/mol. The number of sulfonamides is 1. The Morgan fingerprint density at radius 1 is 1.12 bits per heavy atom. The molecular formula is C21H25N3O8S. The lowest BCUT2D eigenvalue weighted by molar-refractivity contribution is -0.384. The maximum atomic E-state index is 12.7. The van der Waals surface area contributed by atoms with Gasteiger partial charge >= 0.3 is 5.97 Å². The number of hydrogen-bond donors (Lipinski definition) is 2. The molecule has 0 bridgehead atoms. The summed E-state index contributed by atoms with van der Waals surface area (Å²) < 4.78 is 37.6. The fourth-order valence-electron chi connectivity index (χ4n) is 2.76. The van der Waals surface area contributed by atoms with E-state index in [4.69, 9.17) is 9.47 Å². The van der Waals surface area contributed by atoms with E-state index in [1.165, 1.54) is 43.5 Å². The van der Waals surface area contributed by atoms with Crippen LogP contribution in [0.3, 0.4) is 0 Å². The number of carbonyl (C=O) groups is 2. The van der Waals surface area contributed by atoms with E-state index in [2.05, 4.69) is 10.0 Å². The number of amides is 1. The van der Waals surface area contributed by atoms with E-state index in [1.807, 2.05) is 0 Å². The van der Waals surface area contributed by atoms with Gasteiger partial charge in [0, 0.05) is 6.07 Å². The van der Waals surface area contributed by atoms with Crippen LogP contribution >= 0.6 is 0 Å². The Morgan fingerprint density at radius 2 is 1.76 bits per heavy atom. The van der Waals surface area contributed by atoms with Crippen molar-refractivity contribution in [3.8, 4) is 5.75 Å². The fourth-order valence-corrected chi connectivity index (χ4v) is 4.09. The van der Waals surface area contributed by atoms with E-state index < -0.39 is 45.4 Å². The highest BCUT2D eigenvalue weighted by Gasteiger charge is 2.30. The van der Waals surface area contributed by atoms with Crippen LogP contribution < -0.4 is 14.8 Å². The van der Waals surface area contributed by atoms with Gasteiger partial charge in [-0.05, 0) is 48.7 Å². The van der Waals surface area contributed by atoms with E-state index in [0.29, 0.717) is 11.3 Å². The molecule has 0 radical (unpaired) electrons. The number of nitro groups is 1. The summed E-state index contributed by atoms with van der Waals surface area (Å²) in [6.45, 7) is 4.13. The smallest absolute Gasteiger partial charge is 0.324 e. The predicted octanol–water partition coefficient (Wildman–Crippen LogP) is 2.40. The molecule has 0 aliphatic heterocycles. The first kappa shape index (κ1) is 25.7. The minimum atomic E-state index is -4.06. The Hall–Kier alpha value is -3.51. The number of esters is 1. The van der Waals surface area contributed by atoms with Gasteiger partial charge < -0.3 is 14.8 Å². The van der Waals surface area contributed by atoms with Crippen molar-refractivity contribution >= 4 is 33.3 Å². The summed E-state index contributed by atoms with van der Waals surface area (Å²) in [5.74, 6) is -1.80. The van der Waals surface area contributed by atoms with Gasteiger partial charge in [-0.3, -0.25) is 19.7 Å². The third-order valence-electron chi connectivity index (χ3n) is 4.54. The SMILES string of the molecule is COc1ccc(S(=O)(=O)N[C@H](C(=O)OCC(=O)Nc2ccc(C)cc2[N+](=O)[O-])C(C)C)cc1. The number of nitro benzene ring substituents is 1. The van der Waals surface area contributed by atoms with Crippen molar-refractivity contribution in [1.29, 1.82) is 0 Å². The third kappa shape index (κ3) is 6.99. The van der Waals surface area contributed by atoms with Gasteiger partial charge in [-0.1, -0.05) is 19.9 Å². The van der Waals surface area contributed by atoms with Crippen molar-refractivity contribution in [1.82, 2.24) is 4.72 Å². The molecule has 178 valence electrons. The monoisotopic (exact) mass is 479 g/mol. The lowest BCUT2D eigenvalue weighted by Crippen LogP contribution is -2.45. The number of aryl methyl sites for hydroxylation is 1. The molecule has 2 N–H and O–H groups in total. The molecule has 1 atom stereocenters. The number of methoxy groups -OCH3 is 1. The number of carbonyl (C=O) groups excluding carboxylic acids is 2. The highest BCUT2D eigenvalue weighted by Crippen LogP contribution is 2.25. The lowest BCUT2D eigenvalue weighted by atomic mass is 10.1. The van der Waals surface area contributed by atoms with Crippen LogP contribution in [0.4, 0.5) is 11.4 Å². The Morgan fingerprint density at radius 3 is 2.30 bits per heavy atom. The minimum Gasteiger partial charge on any atom is -0.497 e. The summed E-state index contributed by atoms with van der Waals surface area (Å²) in [7, 11) is -2.62. The van der Waals surface area contributed by atoms with Crippen molar-refractivity contribution in [2.75, 3.05) is 19.0 Å². The zero-order chi connectivity index (χ0) is 24.8. The van der Waals surface area contributed by atoms with Crippen LogP contribution in [0.15, 0.2) is 47.4 Å². The average Bonchev–Trinajstić information content (AvgIpc) is 2.76. The Bertz CT molecular complexity index is 1130. The van der Waals surface area contributed by atoms with Crippen LogP contribution in [0.5, 0.6) is 5.75 Å². The Balaban J connectivity index is 2.05. The van der Waals surface area contributed by atoms with Gasteiger partial charge in [0.2, 0.25) is 10.0 Å². The lowest BCUT2D eigenvalue weighted by Gasteiger charge is -2.20. The second-order valence-electron chi connectivity index (χ2n) is 7.45. The normalized spacial score (nSPS) is 12.2. The fraction of sp³-hybridized carbons (Fsp3) is 0.333. The second-order valence-corrected chi connectivity index (χ2v) is 9.17. The zero-order valence-electron chi connectivity index (χ0n) is 18.5. The van der Waals surface area contributed by atoms with Gasteiger partial charge in [-0.15, -0.1) is 0 Å². The molecule has 2 rings (SSSR count). The number of rotatable bonds is 10. The summed E-state index contributed by atoms with van der Waals surface area (Å²) >= 11 is 0. The van der Waals surface area contributed by atoms with Gasteiger partial charge in [-0.2, -0.15) is 4.72 Å². The van der Waals surface area contributed by atoms with Gasteiger partial charge in [-0.25, -0.2) is 8.42 Å². The van der Waals surface area contributed by atoms with Crippen LogP contribution in [0, 0.1) is 23.0 Å². The standard InChI is InChI=1S/C21H25N3O8S/c1-13(2)20(23-33(29,30)16-8-6-15(31-4)7-9-16)21(26)32-12-19(25)22-17-10-5-14(3)11-18(17)24(27)28/h5-11,13,20,23H,12H2,1-4H3,(H,22,25)/t20-/m0/s1. The quantitative estimate of drug-likeness (QED) is 0.299. The van der Waals surface area contributed by atoms with Crippen molar-refractivity contribution in [3.63, 3.8) is 0 Å². The third-order valence-corrected chi connectivity index (χ3v) is 6.00. The topological polar surface area (TPSA) is 154 Å². The molecule has 0 saturated heterocycles. The molecule has 1 amide bonds. The summed E-state index contributed by atoms with van der Waals surface area (Å²) in [5, 5.41) is 13.5. The maximum Gasteiger partial charge on any atom is 0.324 e. The van der Waals surface area contributed by atoms with Crippen LogP contribution in [0.2, 0.25) is 0 Å². The van der Waals surface area contributed by atoms with Gasteiger partial charge in [0.1, 0.15) is 17.5 Å². The van der Waals surface area contributed by atoms with E-state index >= 15 is 0 Å².